The molecule has 0 atom stereocenters. The average molecular weight is 386 g/mol. The summed E-state index contributed by atoms with van der Waals surface area (Å²) in [5.41, 5.74) is 2.95. The molecule has 1 aromatic carbocycles. The third-order valence-corrected chi connectivity index (χ3v) is 4.73. The molecule has 0 radical (unpaired) electrons. The molecule has 0 aliphatic heterocycles. The Balaban J connectivity index is 1.43. The predicted octanol–water partition coefficient (Wildman–Crippen LogP) is 2.69. The number of aryl methyl sites for hydroxylation is 2. The summed E-state index contributed by atoms with van der Waals surface area (Å²) >= 11 is 1.54. The van der Waals surface area contributed by atoms with Crippen LogP contribution in [0.25, 0.3) is 5.13 Å². The summed E-state index contributed by atoms with van der Waals surface area (Å²) in [6, 6.07) is 9.12. The molecule has 0 bridgehead atoms. The van der Waals surface area contributed by atoms with E-state index in [-0.39, 0.29) is 12.5 Å². The third-order valence-electron chi connectivity index (χ3n) is 3.86. The van der Waals surface area contributed by atoms with Crippen molar-refractivity contribution in [2.24, 2.45) is 0 Å². The topological polar surface area (TPSA) is 78.3 Å². The summed E-state index contributed by atoms with van der Waals surface area (Å²) in [5, 5.41) is 10.1. The van der Waals surface area contributed by atoms with Crippen molar-refractivity contribution in [3.63, 3.8) is 0 Å². The molecule has 0 saturated heterocycles. The molecule has 3 aromatic rings. The number of amides is 1. The Hall–Kier alpha value is -2.87. The molecule has 1 amide bonds. The van der Waals surface area contributed by atoms with E-state index in [1.165, 1.54) is 0 Å². The summed E-state index contributed by atoms with van der Waals surface area (Å²) in [6.07, 6.45) is 0.657. The molecular formula is C19H22N4O3S. The molecule has 27 heavy (non-hydrogen) atoms. The second-order valence-corrected chi connectivity index (χ2v) is 6.86. The lowest BCUT2D eigenvalue weighted by Gasteiger charge is -2.07. The molecule has 8 heteroatoms. The van der Waals surface area contributed by atoms with Crippen LogP contribution in [0.2, 0.25) is 0 Å². The van der Waals surface area contributed by atoms with Crippen LogP contribution in [0, 0.1) is 13.8 Å². The van der Waals surface area contributed by atoms with Crippen LogP contribution >= 0.6 is 11.3 Å². The van der Waals surface area contributed by atoms with E-state index in [1.54, 1.807) is 42.7 Å². The highest BCUT2D eigenvalue weighted by Crippen LogP contribution is 2.18. The SMILES string of the molecule is COc1ccc(OCC(=O)NCCc2csc(-n3nc(C)cc3C)n2)cc1. The van der Waals surface area contributed by atoms with E-state index in [4.69, 9.17) is 9.47 Å². The molecule has 142 valence electrons. The maximum absolute atomic E-state index is 11.9. The highest BCUT2D eigenvalue weighted by molar-refractivity contribution is 7.12. The monoisotopic (exact) mass is 386 g/mol. The Bertz CT molecular complexity index is 902. The van der Waals surface area contributed by atoms with Crippen LogP contribution in [-0.2, 0) is 11.2 Å². The average Bonchev–Trinajstić information content (AvgIpc) is 3.26. The van der Waals surface area contributed by atoms with Crippen molar-refractivity contribution in [3.05, 3.63) is 52.8 Å². The minimum absolute atomic E-state index is 0.0274. The first-order valence-corrected chi connectivity index (χ1v) is 9.44. The Morgan fingerprint density at radius 2 is 1.96 bits per heavy atom. The summed E-state index contributed by atoms with van der Waals surface area (Å²) in [7, 11) is 1.60. The van der Waals surface area contributed by atoms with Crippen molar-refractivity contribution in [1.29, 1.82) is 0 Å². The number of rotatable bonds is 8. The number of ether oxygens (including phenoxy) is 2. The number of hydrogen-bond acceptors (Lipinski definition) is 6. The Kier molecular flexibility index (Phi) is 6.08. The van der Waals surface area contributed by atoms with Crippen LogP contribution in [0.15, 0.2) is 35.7 Å². The second kappa shape index (κ2) is 8.68. The summed E-state index contributed by atoms with van der Waals surface area (Å²) in [5.74, 6) is 1.20. The molecule has 3 rings (SSSR count). The molecule has 0 saturated carbocycles. The highest BCUT2D eigenvalue weighted by Gasteiger charge is 2.09. The van der Waals surface area contributed by atoms with E-state index < -0.39 is 0 Å². The highest BCUT2D eigenvalue weighted by atomic mass is 32.1. The summed E-state index contributed by atoms with van der Waals surface area (Å²) in [6.45, 7) is 4.44. The fourth-order valence-corrected chi connectivity index (χ4v) is 3.40. The zero-order valence-corrected chi connectivity index (χ0v) is 16.4. The minimum atomic E-state index is -0.167. The van der Waals surface area contributed by atoms with Crippen LogP contribution < -0.4 is 14.8 Å². The predicted molar refractivity (Wildman–Crippen MR) is 104 cm³/mol. The van der Waals surface area contributed by atoms with E-state index in [1.807, 2.05) is 30.0 Å². The number of aromatic nitrogens is 3. The van der Waals surface area contributed by atoms with Gasteiger partial charge in [-0.15, -0.1) is 11.3 Å². The Morgan fingerprint density at radius 1 is 1.22 bits per heavy atom. The van der Waals surface area contributed by atoms with E-state index >= 15 is 0 Å². The van der Waals surface area contributed by atoms with Crippen molar-refractivity contribution in [2.75, 3.05) is 20.3 Å². The Morgan fingerprint density at radius 3 is 2.63 bits per heavy atom. The maximum Gasteiger partial charge on any atom is 0.257 e. The van der Waals surface area contributed by atoms with Crippen LogP contribution in [-0.4, -0.2) is 40.9 Å². The fraction of sp³-hybridized carbons (Fsp3) is 0.316. The zero-order chi connectivity index (χ0) is 19.2. The van der Waals surface area contributed by atoms with Gasteiger partial charge in [-0.25, -0.2) is 9.67 Å². The summed E-state index contributed by atoms with van der Waals surface area (Å²) < 4.78 is 12.4. The van der Waals surface area contributed by atoms with Gasteiger partial charge >= 0.3 is 0 Å². The van der Waals surface area contributed by atoms with Gasteiger partial charge in [0.1, 0.15) is 11.5 Å². The van der Waals surface area contributed by atoms with Gasteiger partial charge in [-0.05, 0) is 44.2 Å². The zero-order valence-electron chi connectivity index (χ0n) is 15.6. The number of carbonyl (C=O) groups is 1. The minimum Gasteiger partial charge on any atom is -0.497 e. The van der Waals surface area contributed by atoms with Crippen LogP contribution in [0.1, 0.15) is 17.1 Å². The maximum atomic E-state index is 11.9. The molecule has 0 spiro atoms. The molecular weight excluding hydrogens is 364 g/mol. The summed E-state index contributed by atoms with van der Waals surface area (Å²) in [4.78, 5) is 16.5. The van der Waals surface area contributed by atoms with Crippen molar-refractivity contribution in [1.82, 2.24) is 20.1 Å². The van der Waals surface area contributed by atoms with Crippen LogP contribution in [0.3, 0.4) is 0 Å². The first kappa shape index (κ1) is 18.9. The van der Waals surface area contributed by atoms with Gasteiger partial charge in [-0.3, -0.25) is 4.79 Å². The number of nitrogens with zero attached hydrogens (tertiary/aromatic N) is 3. The van der Waals surface area contributed by atoms with Gasteiger partial charge in [0.15, 0.2) is 6.61 Å². The lowest BCUT2D eigenvalue weighted by atomic mass is 10.3. The number of nitrogens with one attached hydrogen (secondary N) is 1. The normalized spacial score (nSPS) is 10.6. The van der Waals surface area contributed by atoms with Gasteiger partial charge in [-0.2, -0.15) is 5.10 Å². The van der Waals surface area contributed by atoms with Crippen molar-refractivity contribution >= 4 is 17.2 Å². The second-order valence-electron chi connectivity index (χ2n) is 6.02. The number of benzene rings is 1. The fourth-order valence-electron chi connectivity index (χ4n) is 2.53. The lowest BCUT2D eigenvalue weighted by Crippen LogP contribution is -2.30. The van der Waals surface area contributed by atoms with Crippen molar-refractivity contribution in [3.8, 4) is 16.6 Å². The van der Waals surface area contributed by atoms with Crippen molar-refractivity contribution < 1.29 is 14.3 Å². The van der Waals surface area contributed by atoms with Gasteiger partial charge in [0.2, 0.25) is 5.13 Å². The van der Waals surface area contributed by atoms with Gasteiger partial charge < -0.3 is 14.8 Å². The molecule has 0 fully saturated rings. The lowest BCUT2D eigenvalue weighted by molar-refractivity contribution is -0.123. The van der Waals surface area contributed by atoms with Crippen LogP contribution in [0.5, 0.6) is 11.5 Å². The molecule has 1 N–H and O–H groups in total. The smallest absolute Gasteiger partial charge is 0.257 e. The first-order chi connectivity index (χ1) is 13.0. The third kappa shape index (κ3) is 5.07. The van der Waals surface area contributed by atoms with Gasteiger partial charge in [0, 0.05) is 24.0 Å². The largest absolute Gasteiger partial charge is 0.497 e. The quantitative estimate of drug-likeness (QED) is 0.644. The van der Waals surface area contributed by atoms with Crippen molar-refractivity contribution in [2.45, 2.75) is 20.3 Å². The van der Waals surface area contributed by atoms with Crippen LogP contribution in [0.4, 0.5) is 0 Å². The van der Waals surface area contributed by atoms with E-state index in [0.29, 0.717) is 18.7 Å². The first-order valence-electron chi connectivity index (χ1n) is 8.57. The van der Waals surface area contributed by atoms with Gasteiger partial charge in [0.25, 0.3) is 5.91 Å². The van der Waals surface area contributed by atoms with E-state index in [0.717, 1.165) is 28.0 Å². The number of carbonyl (C=O) groups excluding carboxylic acids is 1. The molecule has 0 aliphatic rings. The van der Waals surface area contributed by atoms with E-state index in [9.17, 15) is 4.79 Å². The van der Waals surface area contributed by atoms with E-state index in [2.05, 4.69) is 15.4 Å². The Labute approximate surface area is 162 Å². The molecule has 2 aromatic heterocycles. The number of hydrogen-bond donors (Lipinski definition) is 1. The van der Waals surface area contributed by atoms with Gasteiger partial charge in [-0.1, -0.05) is 0 Å². The number of methoxy groups -OCH3 is 1. The molecule has 0 unspecified atom stereocenters. The molecule has 2 heterocycles. The van der Waals surface area contributed by atoms with Gasteiger partial charge in [0.05, 0.1) is 18.5 Å². The molecule has 0 aliphatic carbocycles. The number of thiazole rings is 1. The molecule has 7 nitrogen and oxygen atoms in total. The standard InChI is InChI=1S/C19H22N4O3S/c1-13-10-14(2)23(22-13)19-21-15(12-27-19)8-9-20-18(24)11-26-17-6-4-16(25-3)5-7-17/h4-7,10,12H,8-9,11H2,1-3H3,(H,20,24).